The predicted octanol–water partition coefficient (Wildman–Crippen LogP) is 9.46. The molecule has 2 N–H and O–H groups in total. The number of nitrogens with zero attached hydrogens (tertiary/aromatic N) is 2. The average molecular weight is 569 g/mol. The van der Waals surface area contributed by atoms with Gasteiger partial charge in [0.1, 0.15) is 0 Å². The van der Waals surface area contributed by atoms with Crippen LogP contribution in [0.1, 0.15) is 29.0 Å². The van der Waals surface area contributed by atoms with E-state index in [0.29, 0.717) is 0 Å². The summed E-state index contributed by atoms with van der Waals surface area (Å²) in [5, 5.41) is 10.2. The monoisotopic (exact) mass is 568 g/mol. The van der Waals surface area contributed by atoms with E-state index in [1.807, 2.05) is 0 Å². The van der Waals surface area contributed by atoms with Crippen LogP contribution in [0.3, 0.4) is 0 Å². The molecule has 2 aliphatic heterocycles. The lowest BCUT2D eigenvalue weighted by Gasteiger charge is -2.34. The van der Waals surface area contributed by atoms with E-state index in [1.165, 1.54) is 16.3 Å². The standard InChI is InChI=1S/C40H32N4/c1-28-15-13-14-24-43(31-20-9-4-10-21-31)38-26-34-32-22-11-12-23-37(32)44(39(34)25-33(28)38)40-41-35(29-16-5-2-6-17-29)27-36(42-40)30-18-7-3-8-19-30/h2-27,35,40-42H,1H2/b15-13-,24-14-. The van der Waals surface area contributed by atoms with Gasteiger partial charge in [-0.1, -0.05) is 116 Å². The lowest BCUT2D eigenvalue weighted by atomic mass is 9.99. The molecule has 3 heterocycles. The summed E-state index contributed by atoms with van der Waals surface area (Å²) in [6.45, 7) is 4.49. The van der Waals surface area contributed by atoms with Gasteiger partial charge in [-0.2, -0.15) is 0 Å². The summed E-state index contributed by atoms with van der Waals surface area (Å²) in [6.07, 6.45) is 10.5. The Hall–Kier alpha value is -5.58. The molecule has 0 radical (unpaired) electrons. The Kier molecular flexibility index (Phi) is 6.47. The molecule has 5 aromatic carbocycles. The van der Waals surface area contributed by atoms with Gasteiger partial charge in [0, 0.05) is 33.9 Å². The number of aromatic nitrogens is 1. The molecule has 0 amide bonds. The molecule has 1 aromatic heterocycles. The van der Waals surface area contributed by atoms with E-state index >= 15 is 0 Å². The minimum Gasteiger partial charge on any atom is -0.352 e. The van der Waals surface area contributed by atoms with Gasteiger partial charge < -0.3 is 14.8 Å². The van der Waals surface area contributed by atoms with Gasteiger partial charge in [-0.25, -0.2) is 0 Å². The van der Waals surface area contributed by atoms with E-state index in [-0.39, 0.29) is 12.3 Å². The molecule has 0 aliphatic carbocycles. The Morgan fingerprint density at radius 3 is 2.16 bits per heavy atom. The van der Waals surface area contributed by atoms with Crippen molar-refractivity contribution in [3.8, 4) is 0 Å². The Labute approximate surface area is 257 Å². The molecule has 0 fully saturated rings. The van der Waals surface area contributed by atoms with Gasteiger partial charge >= 0.3 is 0 Å². The molecule has 0 saturated carbocycles. The van der Waals surface area contributed by atoms with Crippen molar-refractivity contribution < 1.29 is 0 Å². The summed E-state index contributed by atoms with van der Waals surface area (Å²) in [5.41, 5.74) is 10.1. The Balaban J connectivity index is 1.35. The zero-order valence-corrected chi connectivity index (χ0v) is 24.3. The maximum Gasteiger partial charge on any atom is 0.160 e. The van der Waals surface area contributed by atoms with Gasteiger partial charge in [-0.3, -0.25) is 5.32 Å². The third-order valence-electron chi connectivity index (χ3n) is 8.58. The normalized spacial score (nSPS) is 19.5. The maximum atomic E-state index is 4.49. The molecule has 8 rings (SSSR count). The number of fused-ring (bicyclic) bond motifs is 4. The number of hydrogen-bond acceptors (Lipinski definition) is 3. The number of nitrogens with one attached hydrogen (secondary N) is 2. The van der Waals surface area contributed by atoms with Crippen LogP contribution < -0.4 is 15.5 Å². The van der Waals surface area contributed by atoms with Crippen molar-refractivity contribution in [1.82, 2.24) is 15.2 Å². The van der Waals surface area contributed by atoms with Crippen LogP contribution >= 0.6 is 0 Å². The number of benzene rings is 5. The minimum absolute atomic E-state index is 0.0230. The van der Waals surface area contributed by atoms with Crippen molar-refractivity contribution in [1.29, 1.82) is 0 Å². The minimum atomic E-state index is -0.205. The highest BCUT2D eigenvalue weighted by Gasteiger charge is 2.28. The van der Waals surface area contributed by atoms with Crippen LogP contribution in [0, 0.1) is 0 Å². The molecule has 2 aliphatic rings. The van der Waals surface area contributed by atoms with E-state index in [4.69, 9.17) is 0 Å². The van der Waals surface area contributed by atoms with Gasteiger partial charge in [0.05, 0.1) is 22.8 Å². The van der Waals surface area contributed by atoms with E-state index in [0.717, 1.165) is 44.8 Å². The van der Waals surface area contributed by atoms with Crippen LogP contribution in [0.15, 0.2) is 164 Å². The summed E-state index contributed by atoms with van der Waals surface area (Å²) in [6, 6.07) is 45.1. The zero-order valence-electron chi connectivity index (χ0n) is 24.3. The van der Waals surface area contributed by atoms with Gasteiger partial charge in [-0.15, -0.1) is 0 Å². The number of rotatable bonds is 4. The molecule has 6 aromatic rings. The smallest absolute Gasteiger partial charge is 0.160 e. The fourth-order valence-corrected chi connectivity index (χ4v) is 6.47. The van der Waals surface area contributed by atoms with Crippen LogP contribution in [0.5, 0.6) is 0 Å². The molecule has 2 atom stereocenters. The number of para-hydroxylation sites is 2. The molecule has 0 spiro atoms. The summed E-state index contributed by atoms with van der Waals surface area (Å²) < 4.78 is 2.41. The van der Waals surface area contributed by atoms with Crippen molar-refractivity contribution in [3.05, 3.63) is 181 Å². The van der Waals surface area contributed by atoms with Crippen molar-refractivity contribution in [2.24, 2.45) is 0 Å². The number of allylic oxidation sites excluding steroid dienone is 4. The van der Waals surface area contributed by atoms with Crippen molar-refractivity contribution >= 4 is 44.5 Å². The third kappa shape index (κ3) is 4.53. The second-order valence-electron chi connectivity index (χ2n) is 11.3. The lowest BCUT2D eigenvalue weighted by molar-refractivity contribution is 0.350. The summed E-state index contributed by atoms with van der Waals surface area (Å²) in [5.74, 6) is 0. The highest BCUT2D eigenvalue weighted by Crippen LogP contribution is 2.42. The first-order chi connectivity index (χ1) is 21.7. The first-order valence-corrected chi connectivity index (χ1v) is 15.0. The Bertz CT molecular complexity index is 2090. The van der Waals surface area contributed by atoms with E-state index in [9.17, 15) is 0 Å². The molecule has 212 valence electrons. The molecule has 4 heteroatoms. The van der Waals surface area contributed by atoms with Gasteiger partial charge in [-0.05, 0) is 59.2 Å². The predicted molar refractivity (Wildman–Crippen MR) is 184 cm³/mol. The van der Waals surface area contributed by atoms with Crippen LogP contribution in [-0.2, 0) is 0 Å². The molecule has 2 unspecified atom stereocenters. The highest BCUT2D eigenvalue weighted by atomic mass is 15.3. The first kappa shape index (κ1) is 26.1. The first-order valence-electron chi connectivity index (χ1n) is 15.0. The van der Waals surface area contributed by atoms with Crippen LogP contribution in [0.25, 0.3) is 33.1 Å². The molecule has 44 heavy (non-hydrogen) atoms. The molecular weight excluding hydrogens is 536 g/mol. The van der Waals surface area contributed by atoms with Crippen molar-refractivity contribution in [2.75, 3.05) is 4.90 Å². The number of anilines is 2. The molecular formula is C40H32N4. The van der Waals surface area contributed by atoms with E-state index in [2.05, 4.69) is 185 Å². The van der Waals surface area contributed by atoms with Gasteiger partial charge in [0.2, 0.25) is 0 Å². The van der Waals surface area contributed by atoms with Gasteiger partial charge in [0.15, 0.2) is 6.29 Å². The molecule has 0 bridgehead atoms. The van der Waals surface area contributed by atoms with Crippen LogP contribution in [0.2, 0.25) is 0 Å². The molecule has 4 nitrogen and oxygen atoms in total. The maximum absolute atomic E-state index is 4.49. The molecule has 0 saturated heterocycles. The SMILES string of the molecule is C=C1/C=C\C=C/N(c2ccccc2)c2cc3c4ccccc4n(C4NC(c5ccccc5)=CC(c5ccccc5)N4)c3cc21. The lowest BCUT2D eigenvalue weighted by Crippen LogP contribution is -2.43. The van der Waals surface area contributed by atoms with Crippen molar-refractivity contribution in [3.63, 3.8) is 0 Å². The average Bonchev–Trinajstić information content (AvgIpc) is 3.41. The fraction of sp³-hybridized carbons (Fsp3) is 0.0500. The van der Waals surface area contributed by atoms with Crippen molar-refractivity contribution in [2.45, 2.75) is 12.3 Å². The summed E-state index contributed by atoms with van der Waals surface area (Å²) in [7, 11) is 0. The van der Waals surface area contributed by atoms with E-state index in [1.54, 1.807) is 0 Å². The highest BCUT2D eigenvalue weighted by molar-refractivity contribution is 6.11. The zero-order chi connectivity index (χ0) is 29.5. The van der Waals surface area contributed by atoms with Crippen LogP contribution in [-0.4, -0.2) is 4.57 Å². The second-order valence-corrected chi connectivity index (χ2v) is 11.3. The number of hydrogen-bond donors (Lipinski definition) is 2. The summed E-state index contributed by atoms with van der Waals surface area (Å²) in [4.78, 5) is 2.26. The topological polar surface area (TPSA) is 32.2 Å². The second kappa shape index (κ2) is 10.9. The van der Waals surface area contributed by atoms with Gasteiger partial charge in [0.25, 0.3) is 0 Å². The largest absolute Gasteiger partial charge is 0.352 e. The quantitative estimate of drug-likeness (QED) is 0.222. The third-order valence-corrected chi connectivity index (χ3v) is 8.58. The fourth-order valence-electron chi connectivity index (χ4n) is 6.47. The summed E-state index contributed by atoms with van der Waals surface area (Å²) >= 11 is 0. The van der Waals surface area contributed by atoms with E-state index < -0.39 is 0 Å². The van der Waals surface area contributed by atoms with Crippen LogP contribution in [0.4, 0.5) is 11.4 Å². The Morgan fingerprint density at radius 1 is 0.659 bits per heavy atom. The Morgan fingerprint density at radius 2 is 1.36 bits per heavy atom.